The van der Waals surface area contributed by atoms with Crippen LogP contribution in [0.1, 0.15) is 52.0 Å². The highest BCUT2D eigenvalue weighted by molar-refractivity contribution is 5.84. The zero-order valence-corrected chi connectivity index (χ0v) is 19.3. The second-order valence-corrected chi connectivity index (χ2v) is 9.54. The van der Waals surface area contributed by atoms with Crippen LogP contribution in [-0.2, 0) is 4.79 Å². The molecule has 2 aliphatic rings. The van der Waals surface area contributed by atoms with Gasteiger partial charge in [0.1, 0.15) is 17.7 Å². The summed E-state index contributed by atoms with van der Waals surface area (Å²) in [5.41, 5.74) is -1.57. The van der Waals surface area contributed by atoms with Crippen molar-refractivity contribution in [2.24, 2.45) is 33.4 Å². The van der Waals surface area contributed by atoms with Gasteiger partial charge in [0.25, 0.3) is 0 Å². The van der Waals surface area contributed by atoms with E-state index in [1.54, 1.807) is 13.0 Å². The first-order valence-electron chi connectivity index (χ1n) is 11.3. The lowest BCUT2D eigenvalue weighted by atomic mass is 9.72. The number of azo groups is 1. The number of nitrogens with zero attached hydrogens (tertiary/aromatic N) is 3. The van der Waals surface area contributed by atoms with Crippen LogP contribution in [-0.4, -0.2) is 36.6 Å². The first kappa shape index (κ1) is 25.3. The predicted octanol–water partition coefficient (Wildman–Crippen LogP) is 6.63. The molecule has 9 heteroatoms. The molecule has 182 valence electrons. The first-order chi connectivity index (χ1) is 15.4. The van der Waals surface area contributed by atoms with Crippen LogP contribution in [0.5, 0.6) is 0 Å². The van der Waals surface area contributed by atoms with Gasteiger partial charge in [-0.3, -0.25) is 4.79 Å². The van der Waals surface area contributed by atoms with Crippen molar-refractivity contribution in [3.63, 3.8) is 0 Å². The smallest absolute Gasteiger partial charge is 0.330 e. The second kappa shape index (κ2) is 9.50. The Hall–Kier alpha value is -2.32. The molecule has 4 atom stereocenters. The molecule has 0 N–H and O–H groups in total. The normalized spacial score (nSPS) is 29.0. The summed E-state index contributed by atoms with van der Waals surface area (Å²) in [6, 6.07) is 1.64. The van der Waals surface area contributed by atoms with Crippen molar-refractivity contribution in [1.82, 2.24) is 4.90 Å². The van der Waals surface area contributed by atoms with Gasteiger partial charge in [-0.1, -0.05) is 32.9 Å². The number of amides is 1. The number of carbonyl (C=O) groups is 1. The minimum atomic E-state index is -4.50. The van der Waals surface area contributed by atoms with E-state index in [1.165, 1.54) is 13.1 Å². The average molecular weight is 472 g/mol. The highest BCUT2D eigenvalue weighted by Crippen LogP contribution is 2.53. The third-order valence-corrected chi connectivity index (χ3v) is 7.19. The Morgan fingerprint density at radius 3 is 2.39 bits per heavy atom. The van der Waals surface area contributed by atoms with Gasteiger partial charge in [0.15, 0.2) is 0 Å². The Labute approximate surface area is 190 Å². The van der Waals surface area contributed by atoms with Crippen LogP contribution in [0.4, 0.5) is 22.0 Å². The van der Waals surface area contributed by atoms with E-state index in [9.17, 15) is 26.7 Å². The standard InChI is InChI=1S/C24H30F5N3O/c1-14(2)15-10-11-23(3,22(33)32-12-6-9-20(32)24(27,28)29)16(15)13-19(31-30-4)21-17(25)7-5-8-18(21)26/h5,7-8,13-16,20H,6,9-12H2,1-4H3/b19-13-,31-30-/t15-,16?,20?,23-/m0/s1. The Kier molecular flexibility index (Phi) is 7.29. The summed E-state index contributed by atoms with van der Waals surface area (Å²) in [6.07, 6.45) is -1.79. The van der Waals surface area contributed by atoms with Crippen LogP contribution >= 0.6 is 0 Å². The molecule has 4 nitrogen and oxygen atoms in total. The molecule has 2 unspecified atom stereocenters. The maximum Gasteiger partial charge on any atom is 0.408 e. The molecule has 1 aromatic carbocycles. The fourth-order valence-corrected chi connectivity index (χ4v) is 5.46. The number of rotatable bonds is 5. The Balaban J connectivity index is 2.10. The van der Waals surface area contributed by atoms with Gasteiger partial charge in [-0.25, -0.2) is 8.78 Å². The molecule has 0 bridgehead atoms. The van der Waals surface area contributed by atoms with Gasteiger partial charge in [0, 0.05) is 13.6 Å². The molecule has 33 heavy (non-hydrogen) atoms. The summed E-state index contributed by atoms with van der Waals surface area (Å²) in [7, 11) is 1.36. The minimum Gasteiger partial charge on any atom is -0.330 e. The Morgan fingerprint density at radius 1 is 1.21 bits per heavy atom. The Morgan fingerprint density at radius 2 is 1.85 bits per heavy atom. The van der Waals surface area contributed by atoms with Gasteiger partial charge in [-0.05, 0) is 55.6 Å². The van der Waals surface area contributed by atoms with Gasteiger partial charge < -0.3 is 4.90 Å². The third-order valence-electron chi connectivity index (χ3n) is 7.19. The number of alkyl halides is 3. The lowest BCUT2D eigenvalue weighted by molar-refractivity contribution is -0.187. The third kappa shape index (κ3) is 4.82. The maximum absolute atomic E-state index is 14.6. The fraction of sp³-hybridized carbons (Fsp3) is 0.625. The molecule has 1 aliphatic heterocycles. The molecule has 1 saturated heterocycles. The van der Waals surface area contributed by atoms with Gasteiger partial charge in [-0.2, -0.15) is 23.4 Å². The number of carbonyl (C=O) groups excluding carboxylic acids is 1. The summed E-state index contributed by atoms with van der Waals surface area (Å²) >= 11 is 0. The first-order valence-corrected chi connectivity index (χ1v) is 11.3. The van der Waals surface area contributed by atoms with Crippen molar-refractivity contribution in [2.75, 3.05) is 13.6 Å². The summed E-state index contributed by atoms with van der Waals surface area (Å²) in [5.74, 6) is -2.73. The molecule has 2 fully saturated rings. The number of allylic oxidation sites excluding steroid dienone is 1. The van der Waals surface area contributed by atoms with Crippen molar-refractivity contribution in [1.29, 1.82) is 0 Å². The number of hydrogen-bond donors (Lipinski definition) is 0. The van der Waals surface area contributed by atoms with Crippen LogP contribution in [0, 0.1) is 34.8 Å². The van der Waals surface area contributed by atoms with Gasteiger partial charge >= 0.3 is 6.18 Å². The van der Waals surface area contributed by atoms with E-state index >= 15 is 0 Å². The van der Waals surface area contributed by atoms with Crippen molar-refractivity contribution >= 4 is 11.6 Å². The van der Waals surface area contributed by atoms with E-state index in [1.807, 2.05) is 13.8 Å². The molecule has 3 rings (SSSR count). The second-order valence-electron chi connectivity index (χ2n) is 9.54. The molecular weight excluding hydrogens is 441 g/mol. The SMILES string of the molecule is C/N=N\C(=C/C1[C@H](C(C)C)CC[C@]1(C)C(=O)N1CCCC1C(F)(F)F)c1c(F)cccc1F. The van der Waals surface area contributed by atoms with E-state index in [0.717, 1.165) is 17.0 Å². The summed E-state index contributed by atoms with van der Waals surface area (Å²) in [6.45, 7) is 5.66. The van der Waals surface area contributed by atoms with Crippen LogP contribution in [0.2, 0.25) is 0 Å². The quantitative estimate of drug-likeness (QED) is 0.351. The van der Waals surface area contributed by atoms with Crippen LogP contribution in [0.15, 0.2) is 34.5 Å². The molecule has 1 aromatic rings. The van der Waals surface area contributed by atoms with E-state index in [0.29, 0.717) is 12.8 Å². The lowest BCUT2D eigenvalue weighted by Gasteiger charge is -2.38. The summed E-state index contributed by atoms with van der Waals surface area (Å²) in [5, 5.41) is 7.65. The maximum atomic E-state index is 14.6. The molecule has 1 aliphatic carbocycles. The molecule has 0 radical (unpaired) electrons. The molecule has 0 aromatic heterocycles. The summed E-state index contributed by atoms with van der Waals surface area (Å²) in [4.78, 5) is 14.6. The zero-order chi connectivity index (χ0) is 24.6. The monoisotopic (exact) mass is 471 g/mol. The average Bonchev–Trinajstić information content (AvgIpc) is 3.33. The fourth-order valence-electron chi connectivity index (χ4n) is 5.46. The van der Waals surface area contributed by atoms with Crippen molar-refractivity contribution < 1.29 is 26.7 Å². The molecule has 1 amide bonds. The number of halogens is 5. The van der Waals surface area contributed by atoms with Crippen LogP contribution in [0.25, 0.3) is 5.70 Å². The van der Waals surface area contributed by atoms with Gasteiger partial charge in [0.05, 0.1) is 16.7 Å². The summed E-state index contributed by atoms with van der Waals surface area (Å²) < 4.78 is 69.9. The number of benzene rings is 1. The number of likely N-dealkylation sites (tertiary alicyclic amines) is 1. The molecular formula is C24H30F5N3O. The molecule has 0 spiro atoms. The minimum absolute atomic E-state index is 0.0465. The topological polar surface area (TPSA) is 45.0 Å². The van der Waals surface area contributed by atoms with E-state index in [-0.39, 0.29) is 42.5 Å². The van der Waals surface area contributed by atoms with E-state index in [2.05, 4.69) is 10.2 Å². The van der Waals surface area contributed by atoms with Gasteiger partial charge in [0.2, 0.25) is 5.91 Å². The van der Waals surface area contributed by atoms with Gasteiger partial charge in [-0.15, -0.1) is 0 Å². The van der Waals surface area contributed by atoms with Crippen LogP contribution in [0.3, 0.4) is 0 Å². The zero-order valence-electron chi connectivity index (χ0n) is 19.3. The van der Waals surface area contributed by atoms with E-state index < -0.39 is 41.1 Å². The van der Waals surface area contributed by atoms with Crippen molar-refractivity contribution in [3.8, 4) is 0 Å². The van der Waals surface area contributed by atoms with Crippen molar-refractivity contribution in [3.05, 3.63) is 41.5 Å². The highest BCUT2D eigenvalue weighted by Gasteiger charge is 2.56. The number of hydrogen-bond acceptors (Lipinski definition) is 3. The lowest BCUT2D eigenvalue weighted by Crippen LogP contribution is -2.51. The van der Waals surface area contributed by atoms with E-state index in [4.69, 9.17) is 0 Å². The Bertz CT molecular complexity index is 922. The van der Waals surface area contributed by atoms with Crippen LogP contribution < -0.4 is 0 Å². The largest absolute Gasteiger partial charge is 0.408 e. The van der Waals surface area contributed by atoms with Crippen molar-refractivity contribution in [2.45, 2.75) is 58.7 Å². The molecule has 1 heterocycles. The predicted molar refractivity (Wildman–Crippen MR) is 115 cm³/mol. The highest BCUT2D eigenvalue weighted by atomic mass is 19.4. The molecule has 1 saturated carbocycles.